The van der Waals surface area contributed by atoms with E-state index in [9.17, 15) is 5.26 Å². The molecule has 1 aliphatic carbocycles. The van der Waals surface area contributed by atoms with Crippen molar-refractivity contribution in [2.24, 2.45) is 10.8 Å². The molecule has 114 valence electrons. The van der Waals surface area contributed by atoms with E-state index in [1.54, 1.807) is 0 Å². The SMILES string of the molecule is CC1(C)CCC(C#N)(Cc2ccc(C(C)(C)C)cc2)CC1. The molecule has 0 heterocycles. The largest absolute Gasteiger partial charge is 0.198 e. The molecule has 0 aromatic heterocycles. The Hall–Kier alpha value is -1.29. The summed E-state index contributed by atoms with van der Waals surface area (Å²) < 4.78 is 0. The van der Waals surface area contributed by atoms with Crippen molar-refractivity contribution in [1.29, 1.82) is 5.26 Å². The second kappa shape index (κ2) is 5.48. The molecule has 1 fully saturated rings. The van der Waals surface area contributed by atoms with Crippen LogP contribution in [0.15, 0.2) is 24.3 Å². The monoisotopic (exact) mass is 283 g/mol. The molecular weight excluding hydrogens is 254 g/mol. The van der Waals surface area contributed by atoms with Gasteiger partial charge in [0.15, 0.2) is 0 Å². The molecule has 1 aromatic carbocycles. The summed E-state index contributed by atoms with van der Waals surface area (Å²) in [6.45, 7) is 11.4. The Morgan fingerprint density at radius 2 is 1.52 bits per heavy atom. The first-order valence-corrected chi connectivity index (χ1v) is 8.17. The summed E-state index contributed by atoms with van der Waals surface area (Å²) >= 11 is 0. The van der Waals surface area contributed by atoms with Gasteiger partial charge >= 0.3 is 0 Å². The van der Waals surface area contributed by atoms with E-state index in [-0.39, 0.29) is 10.8 Å². The van der Waals surface area contributed by atoms with Gasteiger partial charge < -0.3 is 0 Å². The van der Waals surface area contributed by atoms with Crippen LogP contribution in [0, 0.1) is 22.2 Å². The lowest BCUT2D eigenvalue weighted by Crippen LogP contribution is -2.31. The minimum Gasteiger partial charge on any atom is -0.198 e. The molecule has 0 radical (unpaired) electrons. The fourth-order valence-corrected chi connectivity index (χ4v) is 3.25. The summed E-state index contributed by atoms with van der Waals surface area (Å²) in [4.78, 5) is 0. The lowest BCUT2D eigenvalue weighted by molar-refractivity contribution is 0.146. The highest BCUT2D eigenvalue weighted by Crippen LogP contribution is 2.46. The number of nitriles is 1. The van der Waals surface area contributed by atoms with Crippen LogP contribution in [0.1, 0.15) is 71.4 Å². The van der Waals surface area contributed by atoms with E-state index in [0.717, 1.165) is 19.3 Å². The van der Waals surface area contributed by atoms with Gasteiger partial charge in [0.1, 0.15) is 0 Å². The summed E-state index contributed by atoms with van der Waals surface area (Å²) in [5.41, 5.74) is 3.14. The van der Waals surface area contributed by atoms with E-state index in [0.29, 0.717) is 5.41 Å². The molecule has 0 unspecified atom stereocenters. The molecule has 0 spiro atoms. The van der Waals surface area contributed by atoms with Crippen molar-refractivity contribution < 1.29 is 0 Å². The second-order valence-corrected chi connectivity index (χ2v) is 8.68. The Balaban J connectivity index is 2.12. The fourth-order valence-electron chi connectivity index (χ4n) is 3.25. The van der Waals surface area contributed by atoms with Crippen molar-refractivity contribution in [3.05, 3.63) is 35.4 Å². The average Bonchev–Trinajstić information content (AvgIpc) is 2.41. The third-order valence-electron chi connectivity index (χ3n) is 5.16. The van der Waals surface area contributed by atoms with Gasteiger partial charge in [-0.2, -0.15) is 5.26 Å². The molecule has 0 bridgehead atoms. The molecule has 21 heavy (non-hydrogen) atoms. The van der Waals surface area contributed by atoms with Crippen LogP contribution in [0.25, 0.3) is 0 Å². The van der Waals surface area contributed by atoms with E-state index >= 15 is 0 Å². The van der Waals surface area contributed by atoms with Gasteiger partial charge in [-0.3, -0.25) is 0 Å². The highest BCUT2D eigenvalue weighted by atomic mass is 14.4. The molecule has 0 saturated heterocycles. The van der Waals surface area contributed by atoms with Gasteiger partial charge in [-0.15, -0.1) is 0 Å². The van der Waals surface area contributed by atoms with E-state index in [2.05, 4.69) is 65.0 Å². The maximum absolute atomic E-state index is 9.71. The molecule has 0 aliphatic heterocycles. The van der Waals surface area contributed by atoms with E-state index in [1.807, 2.05) is 0 Å². The zero-order valence-corrected chi connectivity index (χ0v) is 14.3. The van der Waals surface area contributed by atoms with Crippen LogP contribution in [0.4, 0.5) is 0 Å². The molecule has 1 aliphatic rings. The molecular formula is C20H29N. The Morgan fingerprint density at radius 3 is 1.95 bits per heavy atom. The quantitative estimate of drug-likeness (QED) is 0.689. The van der Waals surface area contributed by atoms with Crippen LogP contribution in [0.5, 0.6) is 0 Å². The Kier molecular flexibility index (Phi) is 4.20. The fraction of sp³-hybridized carbons (Fsp3) is 0.650. The summed E-state index contributed by atoms with van der Waals surface area (Å²) in [5, 5.41) is 9.71. The van der Waals surface area contributed by atoms with Crippen LogP contribution in [-0.4, -0.2) is 0 Å². The first-order chi connectivity index (χ1) is 9.66. The lowest BCUT2D eigenvalue weighted by Gasteiger charge is -2.39. The van der Waals surface area contributed by atoms with Crippen molar-refractivity contribution in [3.63, 3.8) is 0 Å². The molecule has 1 aromatic rings. The zero-order chi connectivity index (χ0) is 15.7. The number of hydrogen-bond donors (Lipinski definition) is 0. The van der Waals surface area contributed by atoms with Crippen molar-refractivity contribution in [2.45, 2.75) is 72.1 Å². The van der Waals surface area contributed by atoms with Gasteiger partial charge in [0.05, 0.1) is 11.5 Å². The summed E-state index contributed by atoms with van der Waals surface area (Å²) in [7, 11) is 0. The highest BCUT2D eigenvalue weighted by molar-refractivity contribution is 5.29. The lowest BCUT2D eigenvalue weighted by atomic mass is 9.64. The molecule has 1 nitrogen and oxygen atoms in total. The minimum absolute atomic E-state index is 0.140. The summed E-state index contributed by atoms with van der Waals surface area (Å²) in [5.74, 6) is 0. The summed E-state index contributed by atoms with van der Waals surface area (Å²) in [6.07, 6.45) is 5.32. The van der Waals surface area contributed by atoms with E-state index in [1.165, 1.54) is 24.0 Å². The molecule has 1 heteroatoms. The van der Waals surface area contributed by atoms with Gasteiger partial charge in [0.25, 0.3) is 0 Å². The van der Waals surface area contributed by atoms with Crippen LogP contribution in [0.2, 0.25) is 0 Å². The van der Waals surface area contributed by atoms with Crippen molar-refractivity contribution >= 4 is 0 Å². The Labute approximate surface area is 130 Å². The van der Waals surface area contributed by atoms with Gasteiger partial charge in [-0.05, 0) is 54.1 Å². The average molecular weight is 283 g/mol. The maximum Gasteiger partial charge on any atom is 0.0693 e. The number of nitrogens with zero attached hydrogens (tertiary/aromatic N) is 1. The molecule has 2 rings (SSSR count). The van der Waals surface area contributed by atoms with Crippen LogP contribution >= 0.6 is 0 Å². The first-order valence-electron chi connectivity index (χ1n) is 8.17. The van der Waals surface area contributed by atoms with E-state index in [4.69, 9.17) is 0 Å². The van der Waals surface area contributed by atoms with Gasteiger partial charge in [0, 0.05) is 0 Å². The smallest absolute Gasteiger partial charge is 0.0693 e. The minimum atomic E-state index is -0.140. The first kappa shape index (κ1) is 16.1. The van der Waals surface area contributed by atoms with Crippen LogP contribution in [0.3, 0.4) is 0 Å². The molecule has 0 N–H and O–H groups in total. The van der Waals surface area contributed by atoms with Gasteiger partial charge in [-0.1, -0.05) is 58.9 Å². The second-order valence-electron chi connectivity index (χ2n) is 8.68. The van der Waals surface area contributed by atoms with Crippen molar-refractivity contribution in [3.8, 4) is 6.07 Å². The van der Waals surface area contributed by atoms with E-state index < -0.39 is 0 Å². The number of hydrogen-bond acceptors (Lipinski definition) is 1. The Morgan fingerprint density at radius 1 is 1.00 bits per heavy atom. The molecule has 1 saturated carbocycles. The van der Waals surface area contributed by atoms with Crippen LogP contribution < -0.4 is 0 Å². The standard InChI is InChI=1S/C20H29N/c1-18(2,3)17-8-6-16(7-9-17)14-20(15-21)12-10-19(4,5)11-13-20/h6-9H,10-14H2,1-5H3. The third-order valence-corrected chi connectivity index (χ3v) is 5.16. The van der Waals surface area contributed by atoms with Gasteiger partial charge in [-0.25, -0.2) is 0 Å². The maximum atomic E-state index is 9.71. The zero-order valence-electron chi connectivity index (χ0n) is 14.3. The number of benzene rings is 1. The van der Waals surface area contributed by atoms with Crippen molar-refractivity contribution in [1.82, 2.24) is 0 Å². The summed E-state index contributed by atoms with van der Waals surface area (Å²) in [6, 6.07) is 11.6. The normalized spacial score (nSPS) is 20.8. The Bertz CT molecular complexity index is 512. The molecule has 0 amide bonds. The highest BCUT2D eigenvalue weighted by Gasteiger charge is 2.38. The topological polar surface area (TPSA) is 23.8 Å². The number of rotatable bonds is 2. The predicted octanol–water partition coefficient (Wildman–Crippen LogP) is 5.64. The molecule has 0 atom stereocenters. The van der Waals surface area contributed by atoms with Gasteiger partial charge in [0.2, 0.25) is 0 Å². The van der Waals surface area contributed by atoms with Crippen LogP contribution in [-0.2, 0) is 11.8 Å². The predicted molar refractivity (Wildman–Crippen MR) is 89.1 cm³/mol. The van der Waals surface area contributed by atoms with Crippen molar-refractivity contribution in [2.75, 3.05) is 0 Å². The third kappa shape index (κ3) is 3.88.